The van der Waals surface area contributed by atoms with Gasteiger partial charge < -0.3 is 56.1 Å². The van der Waals surface area contributed by atoms with E-state index in [1.165, 1.54) is 137 Å². The molecule has 2 aromatic rings. The summed E-state index contributed by atoms with van der Waals surface area (Å²) >= 11 is 0. The van der Waals surface area contributed by atoms with Crippen molar-refractivity contribution in [2.45, 2.75) is 141 Å². The van der Waals surface area contributed by atoms with Gasteiger partial charge in [0.25, 0.3) is 5.91 Å². The van der Waals surface area contributed by atoms with Gasteiger partial charge in [-0.2, -0.15) is 11.4 Å². The van der Waals surface area contributed by atoms with Crippen molar-refractivity contribution in [2.24, 2.45) is 0 Å². The molecule has 0 radical (unpaired) electrons. The fourth-order valence-electron chi connectivity index (χ4n) is 5.71. The molecule has 1 amide bonds. The molecule has 4 atom stereocenters. The molecule has 15 nitrogen and oxygen atoms in total. The van der Waals surface area contributed by atoms with Crippen LogP contribution < -0.4 is 54.8 Å². The minimum atomic E-state index is -4.64. The largest absolute Gasteiger partial charge is 1.00 e. The number of halogens is 1. The molecule has 0 bridgehead atoms. The van der Waals surface area contributed by atoms with E-state index in [2.05, 4.69) is 24.1 Å². The number of rotatable bonds is 21. The number of nitrogens with zero attached hydrogens (tertiary/aromatic N) is 2. The molecule has 0 spiro atoms. The molecule has 0 unspecified atom stereocenters. The van der Waals surface area contributed by atoms with Crippen molar-refractivity contribution in [2.75, 3.05) is 26.6 Å². The number of hydrogen-bond acceptors (Lipinski definition) is 10. The third kappa shape index (κ3) is 20.8. The zero-order valence-electron chi connectivity index (χ0n) is 33.4. The van der Waals surface area contributed by atoms with Crippen LogP contribution in [-0.4, -0.2) is 80.0 Å². The number of ether oxygens (including phenoxy) is 4. The van der Waals surface area contributed by atoms with Crippen LogP contribution in [0, 0.1) is 12.7 Å². The van der Waals surface area contributed by atoms with Crippen LogP contribution in [0.25, 0.3) is 0 Å². The molecular weight excluding hydrogens is 751 g/mol. The number of methoxy groups -OCH3 is 3. The summed E-state index contributed by atoms with van der Waals surface area (Å²) in [5.41, 5.74) is -0.960. The molecule has 3 rings (SSSR count). The van der Waals surface area contributed by atoms with E-state index in [4.69, 9.17) is 38.2 Å². The zero-order valence-corrected chi connectivity index (χ0v) is 36.3. The maximum Gasteiger partial charge on any atom is 1.00 e. The van der Waals surface area contributed by atoms with Gasteiger partial charge >= 0.3 is 43.1 Å². The Kier molecular flexibility index (Phi) is 28.0. The SMILES string of the molecule is COc1cc(C(=O)Nc2nc(=O)n([C@@H]3O[C@H](C)[C@@H](O)[C@H]3O)cc2F)cc(OC)c1OC.O=P(O)(O)O.[CH2-]CCCCCCCCCCCCCCCCC.[Na+]. The van der Waals surface area contributed by atoms with Gasteiger partial charge in [0, 0.05) is 5.56 Å². The molecule has 6 N–H and O–H groups in total. The molecular formula is C37H62FN3NaO12P. The molecule has 1 aliphatic heterocycles. The van der Waals surface area contributed by atoms with Gasteiger partial charge in [-0.1, -0.05) is 103 Å². The van der Waals surface area contributed by atoms with E-state index in [-0.39, 0.29) is 52.4 Å². The van der Waals surface area contributed by atoms with Gasteiger partial charge in [0.2, 0.25) is 5.75 Å². The molecule has 310 valence electrons. The molecule has 1 aromatic heterocycles. The van der Waals surface area contributed by atoms with E-state index in [9.17, 15) is 24.2 Å². The number of unbranched alkanes of at least 4 members (excludes halogenated alkanes) is 15. The number of carbonyl (C=O) groups is 1. The van der Waals surface area contributed by atoms with E-state index in [0.717, 1.165) is 12.6 Å². The molecule has 1 aromatic carbocycles. The minimum Gasteiger partial charge on any atom is -0.493 e. The second kappa shape index (κ2) is 29.2. The minimum absolute atomic E-state index is 0. The molecule has 1 saturated heterocycles. The van der Waals surface area contributed by atoms with Crippen LogP contribution in [0.4, 0.5) is 10.2 Å². The molecule has 0 aliphatic carbocycles. The first kappa shape index (κ1) is 52.9. The number of phosphoric acid groups is 1. The van der Waals surface area contributed by atoms with Crippen LogP contribution in [0.15, 0.2) is 23.1 Å². The topological polar surface area (TPSA) is 219 Å². The van der Waals surface area contributed by atoms with E-state index < -0.39 is 55.6 Å². The summed E-state index contributed by atoms with van der Waals surface area (Å²) < 4.78 is 45.0. The Morgan fingerprint density at radius 3 is 1.67 bits per heavy atom. The first-order valence-corrected chi connectivity index (χ1v) is 20.2. The standard InChI is InChI=1S/C19H22FN3O8.C18H37.Na.H3O4P/c1-8-13(24)14(25)18(31-8)23-7-10(20)16(22-19(23)27)21-17(26)9-5-11(28-2)15(30-4)12(6-9)29-3;1-3-5-7-9-11-13-15-17-18-16-14-12-10-8-6-4-2;;1-5(2,3)4/h5-8,13-14,18,24-25H,1-4H3,(H,21,22,26,27);1,3-18H2,2H3;;(H3,1,2,3,4)/q;-1;+1;/t8-,13-,14-,18-;;;/m1.../s1. The van der Waals surface area contributed by atoms with Gasteiger partial charge in [-0.25, -0.2) is 13.8 Å². The number of nitrogens with one attached hydrogen (secondary N) is 1. The third-order valence-electron chi connectivity index (χ3n) is 8.67. The Balaban J connectivity index is 0.00000103. The van der Waals surface area contributed by atoms with Crippen molar-refractivity contribution in [3.63, 3.8) is 0 Å². The predicted octanol–water partition coefficient (Wildman–Crippen LogP) is 3.46. The maximum atomic E-state index is 14.6. The smallest absolute Gasteiger partial charge is 0.493 e. The summed E-state index contributed by atoms with van der Waals surface area (Å²) in [6, 6.07) is 2.70. The van der Waals surface area contributed by atoms with Crippen LogP contribution >= 0.6 is 7.82 Å². The van der Waals surface area contributed by atoms with Crippen LogP contribution in [0.1, 0.15) is 133 Å². The van der Waals surface area contributed by atoms with E-state index in [0.29, 0.717) is 4.57 Å². The van der Waals surface area contributed by atoms with E-state index in [1.54, 1.807) is 0 Å². The number of hydrogen-bond donors (Lipinski definition) is 6. The van der Waals surface area contributed by atoms with Gasteiger partial charge in [-0.05, 0) is 19.1 Å². The number of benzene rings is 1. The normalized spacial score (nSPS) is 17.5. The Morgan fingerprint density at radius 2 is 1.31 bits per heavy atom. The summed E-state index contributed by atoms with van der Waals surface area (Å²) in [5.74, 6) is -1.79. The molecule has 0 saturated carbocycles. The molecule has 55 heavy (non-hydrogen) atoms. The van der Waals surface area contributed by atoms with Crippen LogP contribution in [-0.2, 0) is 9.30 Å². The Hall–Kier alpha value is -2.11. The number of anilines is 1. The van der Waals surface area contributed by atoms with Crippen molar-refractivity contribution in [3.05, 3.63) is 47.1 Å². The Labute approximate surface area is 346 Å². The average Bonchev–Trinajstić information content (AvgIpc) is 3.38. The van der Waals surface area contributed by atoms with E-state index >= 15 is 0 Å². The van der Waals surface area contributed by atoms with E-state index in [1.807, 2.05) is 0 Å². The van der Waals surface area contributed by atoms with Gasteiger partial charge in [0.1, 0.15) is 12.2 Å². The molecule has 2 heterocycles. The van der Waals surface area contributed by atoms with Crippen molar-refractivity contribution < 1.29 is 87.1 Å². The third-order valence-corrected chi connectivity index (χ3v) is 8.67. The summed E-state index contributed by atoms with van der Waals surface area (Å²) in [4.78, 5) is 50.1. The monoisotopic (exact) mass is 813 g/mol. The quantitative estimate of drug-likeness (QED) is 0.0461. The second-order valence-electron chi connectivity index (χ2n) is 13.0. The fourth-order valence-corrected chi connectivity index (χ4v) is 5.71. The number of aliphatic hydroxyl groups is 2. The van der Waals surface area contributed by atoms with Crippen LogP contribution in [0.2, 0.25) is 0 Å². The first-order valence-electron chi connectivity index (χ1n) is 18.6. The van der Waals surface area contributed by atoms with Crippen LogP contribution in [0.3, 0.4) is 0 Å². The number of aromatic nitrogens is 2. The van der Waals surface area contributed by atoms with Gasteiger partial charge in [0.05, 0.1) is 33.6 Å². The molecule has 1 fully saturated rings. The van der Waals surface area contributed by atoms with Gasteiger partial charge in [0.15, 0.2) is 29.4 Å². The summed E-state index contributed by atoms with van der Waals surface area (Å²) in [7, 11) is -0.493. The van der Waals surface area contributed by atoms with Gasteiger partial charge in [-0.15, -0.1) is 0 Å². The zero-order chi connectivity index (χ0) is 40.7. The second-order valence-corrected chi connectivity index (χ2v) is 14.1. The summed E-state index contributed by atoms with van der Waals surface area (Å²) in [6.45, 7) is 7.67. The first-order chi connectivity index (χ1) is 25.6. The fraction of sp³-hybridized carbons (Fsp3) is 0.676. The number of carbonyl (C=O) groups excluding carboxylic acids is 1. The molecule has 18 heteroatoms. The van der Waals surface area contributed by atoms with Crippen molar-refractivity contribution in [1.29, 1.82) is 0 Å². The molecule has 1 aliphatic rings. The van der Waals surface area contributed by atoms with Crippen molar-refractivity contribution >= 4 is 19.5 Å². The summed E-state index contributed by atoms with van der Waals surface area (Å²) in [6.07, 6.45) is 18.8. The Morgan fingerprint density at radius 1 is 0.873 bits per heavy atom. The van der Waals surface area contributed by atoms with Crippen molar-refractivity contribution in [3.8, 4) is 17.2 Å². The number of amides is 1. The summed E-state index contributed by atoms with van der Waals surface area (Å²) in [5, 5.41) is 22.0. The average molecular weight is 814 g/mol. The predicted molar refractivity (Wildman–Crippen MR) is 203 cm³/mol. The van der Waals surface area contributed by atoms with Gasteiger partial charge in [-0.3, -0.25) is 9.36 Å². The Bertz CT molecular complexity index is 1430. The maximum absolute atomic E-state index is 14.6. The van der Waals surface area contributed by atoms with Crippen molar-refractivity contribution in [1.82, 2.24) is 9.55 Å². The van der Waals surface area contributed by atoms with Crippen LogP contribution in [0.5, 0.6) is 17.2 Å². The number of aliphatic hydroxyl groups excluding tert-OH is 2.